The summed E-state index contributed by atoms with van der Waals surface area (Å²) in [5.41, 5.74) is 1.09. The molecule has 1 aromatic carbocycles. The number of benzene rings is 1. The number of nitrogens with zero attached hydrogens (tertiary/aromatic N) is 1. The van der Waals surface area contributed by atoms with Crippen LogP contribution in [0.2, 0.25) is 0 Å². The summed E-state index contributed by atoms with van der Waals surface area (Å²) >= 11 is 0. The van der Waals surface area contributed by atoms with E-state index in [0.29, 0.717) is 12.6 Å². The molecule has 1 heterocycles. The first-order valence-electron chi connectivity index (χ1n) is 10.8. The maximum absolute atomic E-state index is 10.4. The molecule has 1 unspecified atom stereocenters. The molecular formula is C22H36N2O4. The normalized spacial score (nSPS) is 20.5. The van der Waals surface area contributed by atoms with Crippen molar-refractivity contribution in [2.45, 2.75) is 57.2 Å². The largest absolute Gasteiger partial charge is 0.493 e. The number of rotatable bonds is 9. The number of para-hydroxylation sites is 1. The van der Waals surface area contributed by atoms with E-state index in [1.807, 2.05) is 12.1 Å². The van der Waals surface area contributed by atoms with Gasteiger partial charge in [0.05, 0.1) is 20.3 Å². The minimum Gasteiger partial charge on any atom is -0.493 e. The Balaban J connectivity index is 1.55. The van der Waals surface area contributed by atoms with Crippen molar-refractivity contribution in [1.29, 1.82) is 0 Å². The van der Waals surface area contributed by atoms with Gasteiger partial charge in [-0.3, -0.25) is 4.90 Å². The lowest BCUT2D eigenvalue weighted by Gasteiger charge is -2.28. The van der Waals surface area contributed by atoms with Crippen molar-refractivity contribution < 1.29 is 19.3 Å². The van der Waals surface area contributed by atoms with E-state index in [4.69, 9.17) is 14.2 Å². The van der Waals surface area contributed by atoms with Crippen molar-refractivity contribution in [3.63, 3.8) is 0 Å². The molecule has 2 fully saturated rings. The maximum Gasteiger partial charge on any atom is 0.165 e. The van der Waals surface area contributed by atoms with Gasteiger partial charge in [-0.15, -0.1) is 0 Å². The van der Waals surface area contributed by atoms with Crippen molar-refractivity contribution in [3.05, 3.63) is 23.8 Å². The molecule has 0 aromatic heterocycles. The number of β-amino-alcohol motifs (C(OH)–C–C–N with tert-alkyl or cyclic N) is 1. The Morgan fingerprint density at radius 3 is 2.64 bits per heavy atom. The first-order valence-corrected chi connectivity index (χ1v) is 10.8. The van der Waals surface area contributed by atoms with Gasteiger partial charge in [-0.2, -0.15) is 0 Å². The molecule has 6 heteroatoms. The molecule has 2 N–H and O–H groups in total. The molecule has 1 atom stereocenters. The summed E-state index contributed by atoms with van der Waals surface area (Å²) in [7, 11) is 1.66. The number of aliphatic hydroxyl groups excluding tert-OH is 1. The zero-order valence-electron chi connectivity index (χ0n) is 17.2. The Morgan fingerprint density at radius 2 is 1.93 bits per heavy atom. The van der Waals surface area contributed by atoms with Crippen LogP contribution in [-0.2, 0) is 11.3 Å². The second-order valence-electron chi connectivity index (χ2n) is 7.90. The molecule has 6 nitrogen and oxygen atoms in total. The van der Waals surface area contributed by atoms with E-state index in [-0.39, 0.29) is 6.61 Å². The summed E-state index contributed by atoms with van der Waals surface area (Å²) < 4.78 is 16.9. The lowest BCUT2D eigenvalue weighted by atomic mass is 10.1. The van der Waals surface area contributed by atoms with Crippen LogP contribution < -0.4 is 14.8 Å². The van der Waals surface area contributed by atoms with E-state index >= 15 is 0 Å². The zero-order chi connectivity index (χ0) is 19.6. The van der Waals surface area contributed by atoms with Crippen LogP contribution in [0.3, 0.4) is 0 Å². The second-order valence-corrected chi connectivity index (χ2v) is 7.90. The number of nitrogens with one attached hydrogen (secondary N) is 1. The number of ether oxygens (including phenoxy) is 3. The predicted molar refractivity (Wildman–Crippen MR) is 110 cm³/mol. The lowest BCUT2D eigenvalue weighted by molar-refractivity contribution is 0.00435. The molecule has 2 aliphatic rings. The molecule has 3 rings (SSSR count). The second kappa shape index (κ2) is 11.6. The molecule has 0 bridgehead atoms. The summed E-state index contributed by atoms with van der Waals surface area (Å²) in [5, 5.41) is 14.1. The third-order valence-electron chi connectivity index (χ3n) is 5.71. The smallest absolute Gasteiger partial charge is 0.165 e. The van der Waals surface area contributed by atoms with Gasteiger partial charge >= 0.3 is 0 Å². The highest BCUT2D eigenvalue weighted by atomic mass is 16.5. The Kier molecular flexibility index (Phi) is 8.86. The monoisotopic (exact) mass is 392 g/mol. The van der Waals surface area contributed by atoms with Crippen LogP contribution in [0.5, 0.6) is 11.5 Å². The molecule has 1 aliphatic carbocycles. The SMILES string of the molecule is COc1cccc(CNC2CCCCCC2)c1OCC(O)CN1CCOCC1. The molecule has 1 aliphatic heterocycles. The summed E-state index contributed by atoms with van der Waals surface area (Å²) in [4.78, 5) is 2.22. The van der Waals surface area contributed by atoms with Crippen molar-refractivity contribution in [1.82, 2.24) is 10.2 Å². The average Bonchev–Trinajstić information content (AvgIpc) is 3.00. The van der Waals surface area contributed by atoms with E-state index in [1.54, 1.807) is 7.11 Å². The van der Waals surface area contributed by atoms with Crippen molar-refractivity contribution >= 4 is 0 Å². The van der Waals surface area contributed by atoms with Crippen LogP contribution in [0.4, 0.5) is 0 Å². The number of hydrogen-bond acceptors (Lipinski definition) is 6. The Morgan fingerprint density at radius 1 is 1.18 bits per heavy atom. The molecular weight excluding hydrogens is 356 g/mol. The fourth-order valence-electron chi connectivity index (χ4n) is 4.08. The highest BCUT2D eigenvalue weighted by molar-refractivity contribution is 5.46. The van der Waals surface area contributed by atoms with Gasteiger partial charge in [0.25, 0.3) is 0 Å². The van der Waals surface area contributed by atoms with Gasteiger partial charge < -0.3 is 24.6 Å². The minimum atomic E-state index is -0.536. The highest BCUT2D eigenvalue weighted by Gasteiger charge is 2.18. The molecule has 0 spiro atoms. The third kappa shape index (κ3) is 6.62. The number of hydrogen-bond donors (Lipinski definition) is 2. The van der Waals surface area contributed by atoms with Crippen molar-refractivity contribution in [2.24, 2.45) is 0 Å². The van der Waals surface area contributed by atoms with Gasteiger partial charge in [-0.05, 0) is 18.9 Å². The van der Waals surface area contributed by atoms with Gasteiger partial charge in [-0.1, -0.05) is 37.8 Å². The molecule has 1 aromatic rings. The average molecular weight is 393 g/mol. The Hall–Kier alpha value is -1.34. The molecule has 1 saturated carbocycles. The molecule has 0 amide bonds. The number of aliphatic hydroxyl groups is 1. The van der Waals surface area contributed by atoms with Gasteiger partial charge in [0, 0.05) is 37.8 Å². The zero-order valence-corrected chi connectivity index (χ0v) is 17.2. The standard InChI is InChI=1S/C22H36N2O4/c1-26-21-10-6-7-18(15-23-19-8-4-2-3-5-9-19)22(21)28-17-20(25)16-24-11-13-27-14-12-24/h6-7,10,19-20,23,25H,2-5,8-9,11-17H2,1H3. The van der Waals surface area contributed by atoms with Crippen molar-refractivity contribution in [2.75, 3.05) is 46.6 Å². The van der Waals surface area contributed by atoms with Crippen LogP contribution in [0.1, 0.15) is 44.1 Å². The summed E-state index contributed by atoms with van der Waals surface area (Å²) in [6.07, 6.45) is 7.29. The van der Waals surface area contributed by atoms with Gasteiger partial charge in [0.15, 0.2) is 11.5 Å². The van der Waals surface area contributed by atoms with E-state index < -0.39 is 6.10 Å². The third-order valence-corrected chi connectivity index (χ3v) is 5.71. The van der Waals surface area contributed by atoms with Crippen LogP contribution in [0.25, 0.3) is 0 Å². The van der Waals surface area contributed by atoms with Gasteiger partial charge in [0.1, 0.15) is 12.7 Å². The summed E-state index contributed by atoms with van der Waals surface area (Å²) in [5.74, 6) is 1.46. The predicted octanol–water partition coefficient (Wildman–Crippen LogP) is 2.58. The topological polar surface area (TPSA) is 63.2 Å². The number of methoxy groups -OCH3 is 1. The van der Waals surface area contributed by atoms with Gasteiger partial charge in [0.2, 0.25) is 0 Å². The fraction of sp³-hybridized carbons (Fsp3) is 0.727. The van der Waals surface area contributed by atoms with Crippen molar-refractivity contribution in [3.8, 4) is 11.5 Å². The van der Waals surface area contributed by atoms with E-state index in [2.05, 4.69) is 16.3 Å². The minimum absolute atomic E-state index is 0.258. The summed E-state index contributed by atoms with van der Waals surface area (Å²) in [6.45, 7) is 4.82. The Labute approximate surface area is 169 Å². The van der Waals surface area contributed by atoms with Gasteiger partial charge in [-0.25, -0.2) is 0 Å². The lowest BCUT2D eigenvalue weighted by Crippen LogP contribution is -2.42. The molecule has 1 saturated heterocycles. The maximum atomic E-state index is 10.4. The number of morpholine rings is 1. The van der Waals surface area contributed by atoms with Crippen LogP contribution in [0, 0.1) is 0 Å². The Bertz CT molecular complexity index is 570. The van der Waals surface area contributed by atoms with E-state index in [1.165, 1.54) is 38.5 Å². The van der Waals surface area contributed by atoms with E-state index in [9.17, 15) is 5.11 Å². The van der Waals surface area contributed by atoms with E-state index in [0.717, 1.165) is 49.9 Å². The first kappa shape index (κ1) is 21.4. The van der Waals surface area contributed by atoms with Crippen LogP contribution >= 0.6 is 0 Å². The van der Waals surface area contributed by atoms with Crippen LogP contribution in [0.15, 0.2) is 18.2 Å². The molecule has 158 valence electrons. The highest BCUT2D eigenvalue weighted by Crippen LogP contribution is 2.31. The fourth-order valence-corrected chi connectivity index (χ4v) is 4.08. The molecule has 28 heavy (non-hydrogen) atoms. The first-order chi connectivity index (χ1) is 13.8. The quantitative estimate of drug-likeness (QED) is 0.630. The van der Waals surface area contributed by atoms with Crippen LogP contribution in [-0.4, -0.2) is 68.7 Å². The summed E-state index contributed by atoms with van der Waals surface area (Å²) in [6, 6.07) is 6.57. The molecule has 0 radical (unpaired) electrons.